The topological polar surface area (TPSA) is 12.4 Å². The normalized spacial score (nSPS) is 11.0. The highest BCUT2D eigenvalue weighted by atomic mass is 127. The molecule has 1 nitrogen and oxygen atoms in total. The second-order valence-electron chi connectivity index (χ2n) is 4.86. The molecule has 0 radical (unpaired) electrons. The van der Waals surface area contributed by atoms with E-state index < -0.39 is 0 Å². The van der Waals surface area contributed by atoms with Gasteiger partial charge < -0.3 is 0 Å². The van der Waals surface area contributed by atoms with Crippen LogP contribution in [0.1, 0.15) is 5.56 Å². The summed E-state index contributed by atoms with van der Waals surface area (Å²) in [6.45, 7) is 0. The Kier molecular flexibility index (Phi) is 5.75. The Morgan fingerprint density at radius 1 is 0.870 bits per heavy atom. The van der Waals surface area contributed by atoms with Crippen molar-refractivity contribution in [1.82, 2.24) is 0 Å². The van der Waals surface area contributed by atoms with E-state index >= 15 is 0 Å². The van der Waals surface area contributed by atoms with Crippen LogP contribution in [0.25, 0.3) is 0 Å². The van der Waals surface area contributed by atoms with E-state index in [1.165, 1.54) is 13.4 Å². The van der Waals surface area contributed by atoms with Gasteiger partial charge in [0.2, 0.25) is 0 Å². The standard InChI is InChI=1S/C19H13ClINS/c20-15-6-10-19(11-7-15)23-18-8-4-14(5-9-18)13-22-17-3-1-2-16(21)12-17/h1-13H. The van der Waals surface area contributed by atoms with Gasteiger partial charge in [0.15, 0.2) is 0 Å². The van der Waals surface area contributed by atoms with E-state index in [1.54, 1.807) is 11.8 Å². The lowest BCUT2D eigenvalue weighted by Gasteiger charge is -2.02. The molecule has 0 amide bonds. The van der Waals surface area contributed by atoms with Crippen molar-refractivity contribution in [1.29, 1.82) is 0 Å². The first-order valence-corrected chi connectivity index (χ1v) is 9.29. The highest BCUT2D eigenvalue weighted by molar-refractivity contribution is 14.1. The monoisotopic (exact) mass is 449 g/mol. The van der Waals surface area contributed by atoms with E-state index in [4.69, 9.17) is 11.6 Å². The first kappa shape index (κ1) is 16.6. The molecule has 4 heteroatoms. The zero-order chi connectivity index (χ0) is 16.1. The number of hydrogen-bond acceptors (Lipinski definition) is 2. The molecule has 0 saturated heterocycles. The fraction of sp³-hybridized carbons (Fsp3) is 0. The first-order chi connectivity index (χ1) is 11.2. The highest BCUT2D eigenvalue weighted by Crippen LogP contribution is 2.28. The van der Waals surface area contributed by atoms with Gasteiger partial charge in [0, 0.05) is 24.6 Å². The van der Waals surface area contributed by atoms with Crippen LogP contribution in [0.3, 0.4) is 0 Å². The molecule has 0 bridgehead atoms. The van der Waals surface area contributed by atoms with Gasteiger partial charge in [-0.3, -0.25) is 4.99 Å². The van der Waals surface area contributed by atoms with Gasteiger partial charge in [0.05, 0.1) is 5.69 Å². The molecule has 0 aliphatic rings. The number of benzene rings is 3. The van der Waals surface area contributed by atoms with Crippen molar-refractivity contribution in [2.45, 2.75) is 9.79 Å². The summed E-state index contributed by atoms with van der Waals surface area (Å²) < 4.78 is 1.19. The lowest BCUT2D eigenvalue weighted by molar-refractivity contribution is 1.40. The maximum atomic E-state index is 5.91. The van der Waals surface area contributed by atoms with Gasteiger partial charge in [0.25, 0.3) is 0 Å². The molecule has 0 heterocycles. The quantitative estimate of drug-likeness (QED) is 0.313. The van der Waals surface area contributed by atoms with Gasteiger partial charge in [-0.25, -0.2) is 0 Å². The van der Waals surface area contributed by atoms with Gasteiger partial charge in [-0.1, -0.05) is 41.6 Å². The lowest BCUT2D eigenvalue weighted by Crippen LogP contribution is -1.81. The average Bonchev–Trinajstić information content (AvgIpc) is 2.56. The largest absolute Gasteiger partial charge is 0.256 e. The molecule has 0 atom stereocenters. The second-order valence-corrected chi connectivity index (χ2v) is 7.69. The molecule has 0 saturated carbocycles. The van der Waals surface area contributed by atoms with Gasteiger partial charge in [-0.05, 0) is 82.8 Å². The van der Waals surface area contributed by atoms with E-state index in [0.717, 1.165) is 16.3 Å². The van der Waals surface area contributed by atoms with Crippen LogP contribution in [0.4, 0.5) is 5.69 Å². The summed E-state index contributed by atoms with van der Waals surface area (Å²) in [4.78, 5) is 6.88. The first-order valence-electron chi connectivity index (χ1n) is 7.02. The van der Waals surface area contributed by atoms with Crippen LogP contribution in [-0.4, -0.2) is 6.21 Å². The molecule has 3 rings (SSSR count). The van der Waals surface area contributed by atoms with Crippen molar-refractivity contribution in [2.24, 2.45) is 4.99 Å². The predicted molar refractivity (Wildman–Crippen MR) is 108 cm³/mol. The van der Waals surface area contributed by atoms with E-state index in [9.17, 15) is 0 Å². The Morgan fingerprint density at radius 2 is 1.52 bits per heavy atom. The minimum Gasteiger partial charge on any atom is -0.256 e. The van der Waals surface area contributed by atoms with Crippen LogP contribution < -0.4 is 0 Å². The third-order valence-electron chi connectivity index (χ3n) is 3.10. The van der Waals surface area contributed by atoms with Crippen molar-refractivity contribution in [3.8, 4) is 0 Å². The molecule has 0 spiro atoms. The Morgan fingerprint density at radius 3 is 2.17 bits per heavy atom. The molecule has 0 aromatic heterocycles. The number of rotatable bonds is 4. The Labute approximate surface area is 158 Å². The number of halogens is 2. The van der Waals surface area contributed by atoms with Crippen LogP contribution in [0.2, 0.25) is 5.02 Å². The molecule has 0 unspecified atom stereocenters. The van der Waals surface area contributed by atoms with Crippen LogP contribution in [0.15, 0.2) is 87.6 Å². The third-order valence-corrected chi connectivity index (χ3v) is 5.04. The molecule has 0 aliphatic heterocycles. The van der Waals surface area contributed by atoms with Crippen LogP contribution >= 0.6 is 46.0 Å². The van der Waals surface area contributed by atoms with Gasteiger partial charge >= 0.3 is 0 Å². The molecular formula is C19H13ClINS. The number of aliphatic imine (C=N–C) groups is 1. The smallest absolute Gasteiger partial charge is 0.0640 e. The Balaban J connectivity index is 1.68. The minimum absolute atomic E-state index is 0.761. The third kappa shape index (κ3) is 5.09. The summed E-state index contributed by atoms with van der Waals surface area (Å²) in [5.74, 6) is 0. The van der Waals surface area contributed by atoms with Crippen molar-refractivity contribution in [2.75, 3.05) is 0 Å². The van der Waals surface area contributed by atoms with Crippen molar-refractivity contribution >= 4 is 57.9 Å². The van der Waals surface area contributed by atoms with Gasteiger partial charge in [0.1, 0.15) is 0 Å². The molecule has 0 aliphatic carbocycles. The predicted octanol–water partition coefficient (Wildman–Crippen LogP) is 6.85. The lowest BCUT2D eigenvalue weighted by atomic mass is 10.2. The molecule has 0 fully saturated rings. The van der Waals surface area contributed by atoms with Crippen LogP contribution in [0.5, 0.6) is 0 Å². The summed E-state index contributed by atoms with van der Waals surface area (Å²) in [5, 5.41) is 0.761. The zero-order valence-corrected chi connectivity index (χ0v) is 15.8. The average molecular weight is 450 g/mol. The van der Waals surface area contributed by atoms with Crippen molar-refractivity contribution in [3.05, 3.63) is 87.0 Å². The Bertz CT molecular complexity index is 814. The SMILES string of the molecule is Clc1ccc(Sc2ccc(C=Nc3cccc(I)c3)cc2)cc1. The zero-order valence-electron chi connectivity index (χ0n) is 12.1. The Hall–Kier alpha value is -1.30. The maximum Gasteiger partial charge on any atom is 0.0640 e. The van der Waals surface area contributed by atoms with Crippen LogP contribution in [0, 0.1) is 3.57 Å². The minimum atomic E-state index is 0.761. The summed E-state index contributed by atoms with van der Waals surface area (Å²) >= 11 is 9.92. The molecule has 0 N–H and O–H groups in total. The summed E-state index contributed by atoms with van der Waals surface area (Å²) in [6, 6.07) is 24.4. The summed E-state index contributed by atoms with van der Waals surface area (Å²) in [7, 11) is 0. The fourth-order valence-corrected chi connectivity index (χ4v) is 3.44. The highest BCUT2D eigenvalue weighted by Gasteiger charge is 1.98. The maximum absolute atomic E-state index is 5.91. The van der Waals surface area contributed by atoms with Gasteiger partial charge in [-0.2, -0.15) is 0 Å². The molecule has 23 heavy (non-hydrogen) atoms. The van der Waals surface area contributed by atoms with Gasteiger partial charge in [-0.15, -0.1) is 0 Å². The molecule has 3 aromatic rings. The molecular weight excluding hydrogens is 437 g/mol. The summed E-state index contributed by atoms with van der Waals surface area (Å²) in [6.07, 6.45) is 1.89. The molecule has 114 valence electrons. The number of hydrogen-bond donors (Lipinski definition) is 0. The molecule has 3 aromatic carbocycles. The van der Waals surface area contributed by atoms with Crippen LogP contribution in [-0.2, 0) is 0 Å². The van der Waals surface area contributed by atoms with E-state index in [-0.39, 0.29) is 0 Å². The van der Waals surface area contributed by atoms with E-state index in [1.807, 2.05) is 42.6 Å². The number of nitrogens with zero attached hydrogens (tertiary/aromatic N) is 1. The van der Waals surface area contributed by atoms with E-state index in [0.29, 0.717) is 0 Å². The van der Waals surface area contributed by atoms with Crippen molar-refractivity contribution < 1.29 is 0 Å². The van der Waals surface area contributed by atoms with E-state index in [2.05, 4.69) is 64.0 Å². The second kappa shape index (κ2) is 7.99. The summed E-state index contributed by atoms with van der Waals surface area (Å²) in [5.41, 5.74) is 2.06. The van der Waals surface area contributed by atoms with Crippen molar-refractivity contribution in [3.63, 3.8) is 0 Å². The fourth-order valence-electron chi connectivity index (χ4n) is 1.97.